The maximum atomic E-state index is 14.6. The predicted molar refractivity (Wildman–Crippen MR) is 93.7 cm³/mol. The second-order valence-electron chi connectivity index (χ2n) is 7.66. The fraction of sp³-hybridized carbons (Fsp3) is 0.714. The van der Waals surface area contributed by atoms with E-state index < -0.39 is 0 Å². The van der Waals surface area contributed by atoms with Gasteiger partial charge in [-0.3, -0.25) is 0 Å². The summed E-state index contributed by atoms with van der Waals surface area (Å²) in [5, 5.41) is 0. The molecule has 0 amide bonds. The molecule has 0 spiro atoms. The summed E-state index contributed by atoms with van der Waals surface area (Å²) in [5.74, 6) is 2.02. The Labute approximate surface area is 140 Å². The van der Waals surface area contributed by atoms with Crippen molar-refractivity contribution >= 4 is 0 Å². The predicted octanol–water partition coefficient (Wildman–Crippen LogP) is 6.39. The molecular formula is C21H31FO. The Morgan fingerprint density at radius 2 is 1.87 bits per heavy atom. The highest BCUT2D eigenvalue weighted by Crippen LogP contribution is 2.41. The molecule has 0 saturated heterocycles. The zero-order chi connectivity index (χ0) is 16.2. The Bertz CT molecular complexity index is 517. The molecular weight excluding hydrogens is 287 g/mol. The average molecular weight is 318 g/mol. The number of unbranched alkanes of at least 4 members (excludes halogenated alkanes) is 2. The molecule has 1 heterocycles. The molecule has 1 unspecified atom stereocenters. The Morgan fingerprint density at radius 3 is 2.61 bits per heavy atom. The van der Waals surface area contributed by atoms with Crippen LogP contribution in [0.4, 0.5) is 4.39 Å². The zero-order valence-electron chi connectivity index (χ0n) is 14.7. The Kier molecular flexibility index (Phi) is 5.61. The lowest BCUT2D eigenvalue weighted by Gasteiger charge is -2.30. The molecule has 1 saturated carbocycles. The van der Waals surface area contributed by atoms with E-state index in [1.807, 2.05) is 0 Å². The first kappa shape index (κ1) is 16.8. The Balaban J connectivity index is 1.62. The van der Waals surface area contributed by atoms with Gasteiger partial charge in [-0.1, -0.05) is 32.6 Å². The van der Waals surface area contributed by atoms with Crippen LogP contribution in [-0.2, 0) is 6.42 Å². The topological polar surface area (TPSA) is 9.23 Å². The van der Waals surface area contributed by atoms with Gasteiger partial charge < -0.3 is 4.74 Å². The first-order valence-corrected chi connectivity index (χ1v) is 9.66. The van der Waals surface area contributed by atoms with Gasteiger partial charge in [-0.15, -0.1) is 0 Å². The van der Waals surface area contributed by atoms with E-state index in [9.17, 15) is 4.39 Å². The first-order chi connectivity index (χ1) is 11.2. The normalized spacial score (nSPS) is 27.3. The molecule has 1 aromatic rings. The van der Waals surface area contributed by atoms with Crippen molar-refractivity contribution in [3.8, 4) is 5.75 Å². The van der Waals surface area contributed by atoms with E-state index in [2.05, 4.69) is 19.9 Å². The van der Waals surface area contributed by atoms with Crippen molar-refractivity contribution < 1.29 is 9.13 Å². The first-order valence-electron chi connectivity index (χ1n) is 9.66. The van der Waals surface area contributed by atoms with Gasteiger partial charge in [-0.25, -0.2) is 4.39 Å². The van der Waals surface area contributed by atoms with Crippen LogP contribution in [0.3, 0.4) is 0 Å². The number of hydrogen-bond acceptors (Lipinski definition) is 1. The minimum atomic E-state index is -0.0488. The summed E-state index contributed by atoms with van der Waals surface area (Å²) in [7, 11) is 0. The van der Waals surface area contributed by atoms with Gasteiger partial charge in [0.15, 0.2) is 0 Å². The molecule has 23 heavy (non-hydrogen) atoms. The number of fused-ring (bicyclic) bond motifs is 1. The summed E-state index contributed by atoms with van der Waals surface area (Å²) in [5.41, 5.74) is 2.17. The number of aryl methyl sites for hydroxylation is 1. The van der Waals surface area contributed by atoms with E-state index in [0.29, 0.717) is 5.92 Å². The van der Waals surface area contributed by atoms with Crippen LogP contribution in [0.15, 0.2) is 12.1 Å². The SMILES string of the molecule is CCCCCC1CCC(c2cc3c(cc2F)OC(C)CC3)CC1. The molecule has 1 aliphatic heterocycles. The quantitative estimate of drug-likeness (QED) is 0.571. The number of benzene rings is 1. The molecule has 2 heteroatoms. The molecule has 0 radical (unpaired) electrons. The fourth-order valence-electron chi connectivity index (χ4n) is 4.32. The molecule has 3 rings (SSSR count). The van der Waals surface area contributed by atoms with Crippen LogP contribution >= 0.6 is 0 Å². The number of hydrogen-bond donors (Lipinski definition) is 0. The van der Waals surface area contributed by atoms with Crippen LogP contribution in [0.25, 0.3) is 0 Å². The second-order valence-corrected chi connectivity index (χ2v) is 7.66. The average Bonchev–Trinajstić information content (AvgIpc) is 2.55. The maximum absolute atomic E-state index is 14.6. The highest BCUT2D eigenvalue weighted by atomic mass is 19.1. The molecule has 1 fully saturated rings. The number of ether oxygens (including phenoxy) is 1. The van der Waals surface area contributed by atoms with E-state index in [4.69, 9.17) is 4.74 Å². The largest absolute Gasteiger partial charge is 0.490 e. The van der Waals surface area contributed by atoms with Crippen LogP contribution in [-0.4, -0.2) is 6.10 Å². The fourth-order valence-corrected chi connectivity index (χ4v) is 4.32. The maximum Gasteiger partial charge on any atom is 0.130 e. The van der Waals surface area contributed by atoms with Gasteiger partial charge in [0.25, 0.3) is 0 Å². The molecule has 0 N–H and O–H groups in total. The van der Waals surface area contributed by atoms with E-state index in [-0.39, 0.29) is 11.9 Å². The third-order valence-corrected chi connectivity index (χ3v) is 5.83. The summed E-state index contributed by atoms with van der Waals surface area (Å²) in [6, 6.07) is 3.76. The lowest BCUT2D eigenvalue weighted by Crippen LogP contribution is -2.20. The summed E-state index contributed by atoms with van der Waals surface area (Å²) < 4.78 is 20.3. The monoisotopic (exact) mass is 318 g/mol. The van der Waals surface area contributed by atoms with Crippen molar-refractivity contribution in [3.63, 3.8) is 0 Å². The third-order valence-electron chi connectivity index (χ3n) is 5.83. The van der Waals surface area contributed by atoms with E-state index in [0.717, 1.165) is 42.9 Å². The van der Waals surface area contributed by atoms with Crippen molar-refractivity contribution in [2.45, 2.75) is 90.1 Å². The van der Waals surface area contributed by atoms with Crippen LogP contribution in [0.5, 0.6) is 5.75 Å². The van der Waals surface area contributed by atoms with Gasteiger partial charge in [-0.2, -0.15) is 0 Å². The van der Waals surface area contributed by atoms with E-state index in [1.165, 1.54) is 44.1 Å². The molecule has 1 aliphatic carbocycles. The van der Waals surface area contributed by atoms with E-state index in [1.54, 1.807) is 6.07 Å². The summed E-state index contributed by atoms with van der Waals surface area (Å²) >= 11 is 0. The lowest BCUT2D eigenvalue weighted by atomic mass is 9.76. The summed E-state index contributed by atoms with van der Waals surface area (Å²) in [4.78, 5) is 0. The molecule has 0 bridgehead atoms. The summed E-state index contributed by atoms with van der Waals surface area (Å²) in [6.45, 7) is 4.33. The number of rotatable bonds is 5. The Morgan fingerprint density at radius 1 is 1.09 bits per heavy atom. The molecule has 1 nitrogen and oxygen atoms in total. The van der Waals surface area contributed by atoms with Gasteiger partial charge in [0.2, 0.25) is 0 Å². The molecule has 128 valence electrons. The minimum Gasteiger partial charge on any atom is -0.490 e. The standard InChI is InChI=1S/C21H31FO/c1-3-4-5-6-16-8-11-17(12-9-16)19-13-18-10-7-15(2)23-21(18)14-20(19)22/h13-17H,3-12H2,1-2H3. The van der Waals surface area contributed by atoms with Crippen molar-refractivity contribution in [2.75, 3.05) is 0 Å². The summed E-state index contributed by atoms with van der Waals surface area (Å²) in [6.07, 6.45) is 12.6. The van der Waals surface area contributed by atoms with Gasteiger partial charge in [-0.05, 0) is 74.5 Å². The second kappa shape index (κ2) is 7.68. The van der Waals surface area contributed by atoms with Crippen molar-refractivity contribution in [1.29, 1.82) is 0 Å². The van der Waals surface area contributed by atoms with Crippen molar-refractivity contribution in [1.82, 2.24) is 0 Å². The van der Waals surface area contributed by atoms with Gasteiger partial charge in [0.1, 0.15) is 11.6 Å². The highest BCUT2D eigenvalue weighted by molar-refractivity contribution is 5.41. The van der Waals surface area contributed by atoms with Crippen LogP contribution in [0.1, 0.15) is 88.7 Å². The van der Waals surface area contributed by atoms with Gasteiger partial charge in [0.05, 0.1) is 6.10 Å². The lowest BCUT2D eigenvalue weighted by molar-refractivity contribution is 0.191. The van der Waals surface area contributed by atoms with Gasteiger partial charge >= 0.3 is 0 Å². The van der Waals surface area contributed by atoms with Crippen molar-refractivity contribution in [2.24, 2.45) is 5.92 Å². The van der Waals surface area contributed by atoms with E-state index >= 15 is 0 Å². The van der Waals surface area contributed by atoms with Crippen LogP contribution < -0.4 is 4.74 Å². The molecule has 2 aliphatic rings. The Hall–Kier alpha value is -1.05. The highest BCUT2D eigenvalue weighted by Gasteiger charge is 2.26. The van der Waals surface area contributed by atoms with Crippen LogP contribution in [0, 0.1) is 11.7 Å². The number of halogens is 1. The molecule has 1 atom stereocenters. The molecule has 0 aromatic heterocycles. The van der Waals surface area contributed by atoms with Crippen molar-refractivity contribution in [3.05, 3.63) is 29.1 Å². The smallest absolute Gasteiger partial charge is 0.130 e. The van der Waals surface area contributed by atoms with Gasteiger partial charge in [0, 0.05) is 6.07 Å². The third kappa shape index (κ3) is 4.08. The zero-order valence-corrected chi connectivity index (χ0v) is 14.7. The van der Waals surface area contributed by atoms with Crippen LogP contribution in [0.2, 0.25) is 0 Å². The molecule has 1 aromatic carbocycles. The minimum absolute atomic E-state index is 0.0488.